The number of aromatic amines is 1. The molecule has 0 radical (unpaired) electrons. The van der Waals surface area contributed by atoms with Gasteiger partial charge in [0.05, 0.1) is 19.7 Å². The first-order valence-electron chi connectivity index (χ1n) is 4.60. The molecule has 0 atom stereocenters. The van der Waals surface area contributed by atoms with Crippen molar-refractivity contribution in [2.45, 2.75) is 6.92 Å². The fourth-order valence-electron chi connectivity index (χ4n) is 1.75. The van der Waals surface area contributed by atoms with Crippen molar-refractivity contribution in [3.05, 3.63) is 17.8 Å². The molecule has 0 bridgehead atoms. The lowest BCUT2D eigenvalue weighted by Gasteiger charge is -2.09. The zero-order chi connectivity index (χ0) is 11.0. The summed E-state index contributed by atoms with van der Waals surface area (Å²) >= 11 is 0. The number of hydrogen-bond donors (Lipinski definition) is 2. The van der Waals surface area contributed by atoms with E-state index in [1.807, 2.05) is 13.0 Å². The van der Waals surface area contributed by atoms with E-state index in [2.05, 4.69) is 4.98 Å². The van der Waals surface area contributed by atoms with Gasteiger partial charge in [-0.2, -0.15) is 0 Å². The smallest absolute Gasteiger partial charge is 0.205 e. The van der Waals surface area contributed by atoms with Crippen molar-refractivity contribution in [3.63, 3.8) is 0 Å². The maximum Gasteiger partial charge on any atom is 0.205 e. The number of methoxy groups -OCH3 is 2. The van der Waals surface area contributed by atoms with Gasteiger partial charge in [0, 0.05) is 11.1 Å². The molecule has 4 nitrogen and oxygen atoms in total. The van der Waals surface area contributed by atoms with Crippen LogP contribution in [0, 0.1) is 6.92 Å². The fourth-order valence-corrected chi connectivity index (χ4v) is 1.75. The Morgan fingerprint density at radius 3 is 2.40 bits per heavy atom. The van der Waals surface area contributed by atoms with Crippen LogP contribution in [0.15, 0.2) is 12.1 Å². The van der Waals surface area contributed by atoms with Gasteiger partial charge in [0.15, 0.2) is 11.5 Å². The molecule has 0 spiro atoms. The zero-order valence-corrected chi connectivity index (χ0v) is 8.92. The molecule has 15 heavy (non-hydrogen) atoms. The van der Waals surface area contributed by atoms with Gasteiger partial charge in [-0.15, -0.1) is 0 Å². The monoisotopic (exact) mass is 207 g/mol. The third kappa shape index (κ3) is 1.38. The molecular weight excluding hydrogens is 194 g/mol. The molecule has 0 saturated carbocycles. The highest BCUT2D eigenvalue weighted by molar-refractivity contribution is 5.91. The van der Waals surface area contributed by atoms with Gasteiger partial charge in [0.2, 0.25) is 5.75 Å². The summed E-state index contributed by atoms with van der Waals surface area (Å²) in [7, 11) is 3.05. The number of ether oxygens (including phenoxy) is 2. The molecule has 0 fully saturated rings. The number of aryl methyl sites for hydroxylation is 1. The number of phenolic OH excluding ortho intramolecular Hbond substituents is 1. The summed E-state index contributed by atoms with van der Waals surface area (Å²) < 4.78 is 10.3. The van der Waals surface area contributed by atoms with Gasteiger partial charge >= 0.3 is 0 Å². The van der Waals surface area contributed by atoms with Gasteiger partial charge in [-0.05, 0) is 19.1 Å². The quantitative estimate of drug-likeness (QED) is 0.793. The van der Waals surface area contributed by atoms with Crippen molar-refractivity contribution in [1.29, 1.82) is 0 Å². The number of phenols is 1. The zero-order valence-electron chi connectivity index (χ0n) is 8.92. The number of hydrogen-bond acceptors (Lipinski definition) is 3. The van der Waals surface area contributed by atoms with Crippen LogP contribution in [0.1, 0.15) is 5.69 Å². The number of aromatic nitrogens is 1. The van der Waals surface area contributed by atoms with Crippen molar-refractivity contribution in [2.24, 2.45) is 0 Å². The number of nitrogens with one attached hydrogen (secondary N) is 1. The minimum Gasteiger partial charge on any atom is -0.504 e. The molecule has 1 heterocycles. The van der Waals surface area contributed by atoms with E-state index in [9.17, 15) is 5.11 Å². The van der Waals surface area contributed by atoms with E-state index in [1.165, 1.54) is 7.11 Å². The van der Waals surface area contributed by atoms with E-state index in [0.29, 0.717) is 11.5 Å². The first kappa shape index (κ1) is 9.71. The van der Waals surface area contributed by atoms with E-state index >= 15 is 0 Å². The van der Waals surface area contributed by atoms with Gasteiger partial charge in [0.25, 0.3) is 0 Å². The van der Waals surface area contributed by atoms with E-state index in [1.54, 1.807) is 13.2 Å². The first-order valence-corrected chi connectivity index (χ1v) is 4.60. The normalized spacial score (nSPS) is 10.6. The Hall–Kier alpha value is -1.84. The number of H-pyrrole nitrogens is 1. The second kappa shape index (κ2) is 3.38. The molecule has 2 N–H and O–H groups in total. The summed E-state index contributed by atoms with van der Waals surface area (Å²) in [5.74, 6) is 0.966. The standard InChI is InChI=1S/C11H13NO3/c1-6-4-7-5-8(13)10(14-2)11(15-3)9(7)12-6/h4-5,12-13H,1-3H3. The third-order valence-corrected chi connectivity index (χ3v) is 2.35. The van der Waals surface area contributed by atoms with Crippen molar-refractivity contribution < 1.29 is 14.6 Å². The number of rotatable bonds is 2. The van der Waals surface area contributed by atoms with E-state index < -0.39 is 0 Å². The Morgan fingerprint density at radius 1 is 1.13 bits per heavy atom. The van der Waals surface area contributed by atoms with Crippen LogP contribution in [0.3, 0.4) is 0 Å². The predicted molar refractivity (Wildman–Crippen MR) is 57.8 cm³/mol. The Balaban J connectivity index is 2.83. The maximum absolute atomic E-state index is 9.71. The summed E-state index contributed by atoms with van der Waals surface area (Å²) in [6, 6.07) is 3.59. The lowest BCUT2D eigenvalue weighted by atomic mass is 10.2. The highest BCUT2D eigenvalue weighted by atomic mass is 16.5. The molecule has 0 aliphatic rings. The second-order valence-corrected chi connectivity index (χ2v) is 3.38. The lowest BCUT2D eigenvalue weighted by Crippen LogP contribution is -1.92. The Morgan fingerprint density at radius 2 is 1.80 bits per heavy atom. The minimum absolute atomic E-state index is 0.0841. The van der Waals surface area contributed by atoms with Gasteiger partial charge in [-0.25, -0.2) is 0 Å². The molecule has 1 aromatic heterocycles. The average molecular weight is 207 g/mol. The van der Waals surface area contributed by atoms with E-state index in [0.717, 1.165) is 16.6 Å². The van der Waals surface area contributed by atoms with Gasteiger partial charge in [-0.1, -0.05) is 0 Å². The molecule has 2 rings (SSSR count). The molecule has 0 amide bonds. The van der Waals surface area contributed by atoms with Crippen molar-refractivity contribution in [1.82, 2.24) is 4.98 Å². The van der Waals surface area contributed by atoms with Crippen LogP contribution < -0.4 is 9.47 Å². The molecule has 2 aromatic rings. The Labute approximate surface area is 87.4 Å². The molecular formula is C11H13NO3. The van der Waals surface area contributed by atoms with Gasteiger partial charge in [0.1, 0.15) is 0 Å². The number of benzene rings is 1. The van der Waals surface area contributed by atoms with E-state index in [-0.39, 0.29) is 5.75 Å². The molecule has 0 saturated heterocycles. The second-order valence-electron chi connectivity index (χ2n) is 3.38. The average Bonchev–Trinajstić information content (AvgIpc) is 2.55. The van der Waals surface area contributed by atoms with Crippen LogP contribution in [-0.2, 0) is 0 Å². The number of aromatic hydroxyl groups is 1. The van der Waals surface area contributed by atoms with Crippen LogP contribution in [0.25, 0.3) is 10.9 Å². The van der Waals surface area contributed by atoms with Crippen LogP contribution >= 0.6 is 0 Å². The van der Waals surface area contributed by atoms with Gasteiger partial charge in [-0.3, -0.25) is 0 Å². The number of fused-ring (bicyclic) bond motifs is 1. The maximum atomic E-state index is 9.71. The van der Waals surface area contributed by atoms with Crippen LogP contribution in [0.5, 0.6) is 17.2 Å². The summed E-state index contributed by atoms with van der Waals surface area (Å²) in [4.78, 5) is 3.16. The predicted octanol–water partition coefficient (Wildman–Crippen LogP) is 2.20. The highest BCUT2D eigenvalue weighted by Gasteiger charge is 2.15. The first-order chi connectivity index (χ1) is 7.17. The summed E-state index contributed by atoms with van der Waals surface area (Å²) in [5.41, 5.74) is 1.85. The van der Waals surface area contributed by atoms with Gasteiger partial charge < -0.3 is 19.6 Å². The summed E-state index contributed by atoms with van der Waals surface area (Å²) in [6.45, 7) is 1.95. The molecule has 0 aliphatic carbocycles. The minimum atomic E-state index is 0.0841. The van der Waals surface area contributed by atoms with Crippen LogP contribution in [0.4, 0.5) is 0 Å². The van der Waals surface area contributed by atoms with Crippen LogP contribution in [-0.4, -0.2) is 24.3 Å². The van der Waals surface area contributed by atoms with Crippen LogP contribution in [0.2, 0.25) is 0 Å². The van der Waals surface area contributed by atoms with Crippen molar-refractivity contribution in [2.75, 3.05) is 14.2 Å². The fraction of sp³-hybridized carbons (Fsp3) is 0.273. The topological polar surface area (TPSA) is 54.5 Å². The molecule has 1 aromatic carbocycles. The SMILES string of the molecule is COc1c(O)cc2cc(C)[nH]c2c1OC. The molecule has 80 valence electrons. The molecule has 4 heteroatoms. The van der Waals surface area contributed by atoms with Crippen molar-refractivity contribution >= 4 is 10.9 Å². The Kier molecular flexibility index (Phi) is 2.19. The largest absolute Gasteiger partial charge is 0.504 e. The third-order valence-electron chi connectivity index (χ3n) is 2.35. The Bertz CT molecular complexity index is 502. The molecule has 0 unspecified atom stereocenters. The highest BCUT2D eigenvalue weighted by Crippen LogP contribution is 2.42. The van der Waals surface area contributed by atoms with Crippen molar-refractivity contribution in [3.8, 4) is 17.2 Å². The lowest BCUT2D eigenvalue weighted by molar-refractivity contribution is 0.336. The van der Waals surface area contributed by atoms with E-state index in [4.69, 9.17) is 9.47 Å². The summed E-state index contributed by atoms with van der Waals surface area (Å²) in [5, 5.41) is 10.6. The molecule has 0 aliphatic heterocycles. The summed E-state index contributed by atoms with van der Waals surface area (Å²) in [6.07, 6.45) is 0.